The van der Waals surface area contributed by atoms with Crippen LogP contribution in [0.4, 0.5) is 13.2 Å². The first-order chi connectivity index (χ1) is 7.93. The summed E-state index contributed by atoms with van der Waals surface area (Å²) in [5.74, 6) is -4.36. The van der Waals surface area contributed by atoms with Crippen molar-refractivity contribution < 1.29 is 23.1 Å². The minimum atomic E-state index is -3.32. The molecule has 0 saturated heterocycles. The molecular formula is C11H12F3NO2. The van der Waals surface area contributed by atoms with Gasteiger partial charge < -0.3 is 10.4 Å². The van der Waals surface area contributed by atoms with Crippen molar-refractivity contribution in [1.29, 1.82) is 0 Å². The lowest BCUT2D eigenvalue weighted by atomic mass is 10.1. The number of benzene rings is 1. The SMILES string of the molecule is O=C(Cc1ccc(F)cc1)NCC(F)(F)CO. The van der Waals surface area contributed by atoms with Crippen LogP contribution in [0.15, 0.2) is 24.3 Å². The Balaban J connectivity index is 2.42. The van der Waals surface area contributed by atoms with E-state index < -0.39 is 30.8 Å². The number of aliphatic hydroxyl groups excluding tert-OH is 1. The molecule has 1 aromatic rings. The minimum Gasteiger partial charge on any atom is -0.390 e. The molecular weight excluding hydrogens is 235 g/mol. The maximum absolute atomic E-state index is 12.6. The molecule has 0 fully saturated rings. The zero-order valence-corrected chi connectivity index (χ0v) is 8.92. The molecule has 0 saturated carbocycles. The van der Waals surface area contributed by atoms with Crippen molar-refractivity contribution in [2.45, 2.75) is 12.3 Å². The molecule has 94 valence electrons. The van der Waals surface area contributed by atoms with E-state index in [1.807, 2.05) is 5.32 Å². The van der Waals surface area contributed by atoms with E-state index >= 15 is 0 Å². The van der Waals surface area contributed by atoms with Crippen LogP contribution < -0.4 is 5.32 Å². The number of rotatable bonds is 5. The summed E-state index contributed by atoms with van der Waals surface area (Å²) in [4.78, 5) is 11.2. The predicted octanol–water partition coefficient (Wildman–Crippen LogP) is 1.11. The molecule has 1 aromatic carbocycles. The van der Waals surface area contributed by atoms with E-state index in [1.165, 1.54) is 24.3 Å². The smallest absolute Gasteiger partial charge is 0.287 e. The van der Waals surface area contributed by atoms with Gasteiger partial charge in [0.25, 0.3) is 5.92 Å². The topological polar surface area (TPSA) is 49.3 Å². The Kier molecular flexibility index (Phi) is 4.51. The van der Waals surface area contributed by atoms with Gasteiger partial charge in [-0.1, -0.05) is 12.1 Å². The van der Waals surface area contributed by atoms with Crippen molar-refractivity contribution in [3.8, 4) is 0 Å². The Morgan fingerprint density at radius 2 is 1.88 bits per heavy atom. The Morgan fingerprint density at radius 3 is 2.41 bits per heavy atom. The van der Waals surface area contributed by atoms with Gasteiger partial charge in [0.2, 0.25) is 5.91 Å². The molecule has 0 spiro atoms. The Bertz CT molecular complexity index is 379. The van der Waals surface area contributed by atoms with Gasteiger partial charge in [-0.25, -0.2) is 13.2 Å². The first-order valence-corrected chi connectivity index (χ1v) is 4.93. The monoisotopic (exact) mass is 247 g/mol. The fraction of sp³-hybridized carbons (Fsp3) is 0.364. The number of halogens is 3. The van der Waals surface area contributed by atoms with Crippen molar-refractivity contribution in [1.82, 2.24) is 5.32 Å². The lowest BCUT2D eigenvalue weighted by Crippen LogP contribution is -2.39. The van der Waals surface area contributed by atoms with Crippen LogP contribution in [0.25, 0.3) is 0 Å². The molecule has 0 atom stereocenters. The second-order valence-electron chi connectivity index (χ2n) is 3.59. The lowest BCUT2D eigenvalue weighted by molar-refractivity contribution is -0.123. The Morgan fingerprint density at radius 1 is 1.29 bits per heavy atom. The van der Waals surface area contributed by atoms with Crippen molar-refractivity contribution in [3.63, 3.8) is 0 Å². The van der Waals surface area contributed by atoms with Crippen molar-refractivity contribution >= 4 is 5.91 Å². The summed E-state index contributed by atoms with van der Waals surface area (Å²) in [6, 6.07) is 5.17. The molecule has 0 heterocycles. The number of hydrogen-bond acceptors (Lipinski definition) is 2. The first-order valence-electron chi connectivity index (χ1n) is 4.93. The molecule has 0 bridgehead atoms. The van der Waals surface area contributed by atoms with Gasteiger partial charge in [-0.05, 0) is 17.7 Å². The van der Waals surface area contributed by atoms with E-state index in [0.717, 1.165) is 0 Å². The van der Waals surface area contributed by atoms with Gasteiger partial charge in [0, 0.05) is 0 Å². The van der Waals surface area contributed by atoms with Gasteiger partial charge >= 0.3 is 0 Å². The van der Waals surface area contributed by atoms with Gasteiger partial charge in [-0.3, -0.25) is 4.79 Å². The molecule has 3 nitrogen and oxygen atoms in total. The molecule has 0 aromatic heterocycles. The molecule has 2 N–H and O–H groups in total. The summed E-state index contributed by atoms with van der Waals surface area (Å²) in [7, 11) is 0. The molecule has 1 amide bonds. The largest absolute Gasteiger partial charge is 0.390 e. The van der Waals surface area contributed by atoms with Crippen LogP contribution in [0.2, 0.25) is 0 Å². The van der Waals surface area contributed by atoms with Crippen LogP contribution in [0, 0.1) is 5.82 Å². The predicted molar refractivity (Wildman–Crippen MR) is 55.1 cm³/mol. The van der Waals surface area contributed by atoms with Crippen LogP contribution in [-0.4, -0.2) is 30.1 Å². The fourth-order valence-corrected chi connectivity index (χ4v) is 1.13. The molecule has 0 aliphatic carbocycles. The summed E-state index contributed by atoms with van der Waals surface area (Å²) >= 11 is 0. The number of aliphatic hydroxyl groups is 1. The highest BCUT2D eigenvalue weighted by Gasteiger charge is 2.27. The van der Waals surface area contributed by atoms with Crippen LogP contribution in [0.3, 0.4) is 0 Å². The number of amides is 1. The van der Waals surface area contributed by atoms with Crippen LogP contribution >= 0.6 is 0 Å². The van der Waals surface area contributed by atoms with Crippen molar-refractivity contribution in [2.24, 2.45) is 0 Å². The number of alkyl halides is 2. The molecule has 0 aliphatic heterocycles. The van der Waals surface area contributed by atoms with Crippen molar-refractivity contribution in [3.05, 3.63) is 35.6 Å². The van der Waals surface area contributed by atoms with Gasteiger partial charge in [-0.2, -0.15) is 0 Å². The van der Waals surface area contributed by atoms with Gasteiger partial charge in [0.1, 0.15) is 12.4 Å². The quantitative estimate of drug-likeness (QED) is 0.819. The maximum atomic E-state index is 12.6. The third-order valence-electron chi connectivity index (χ3n) is 2.05. The lowest BCUT2D eigenvalue weighted by Gasteiger charge is -2.13. The highest BCUT2D eigenvalue weighted by atomic mass is 19.3. The number of carbonyl (C=O) groups excluding carboxylic acids is 1. The summed E-state index contributed by atoms with van der Waals surface area (Å²) < 4.78 is 37.7. The minimum absolute atomic E-state index is 0.109. The Labute approximate surface area is 96.3 Å². The molecule has 6 heteroatoms. The van der Waals surface area contributed by atoms with Gasteiger partial charge in [0.05, 0.1) is 13.0 Å². The fourth-order valence-electron chi connectivity index (χ4n) is 1.13. The average Bonchev–Trinajstić information content (AvgIpc) is 2.30. The van der Waals surface area contributed by atoms with Crippen LogP contribution in [0.5, 0.6) is 0 Å². The molecule has 17 heavy (non-hydrogen) atoms. The summed E-state index contributed by atoms with van der Waals surface area (Å²) in [6.07, 6.45) is -0.109. The summed E-state index contributed by atoms with van der Waals surface area (Å²) in [5, 5.41) is 10.3. The summed E-state index contributed by atoms with van der Waals surface area (Å²) in [5.41, 5.74) is 0.524. The van der Waals surface area contributed by atoms with E-state index in [-0.39, 0.29) is 6.42 Å². The average molecular weight is 247 g/mol. The third-order valence-corrected chi connectivity index (χ3v) is 2.05. The molecule has 1 rings (SSSR count). The van der Waals surface area contributed by atoms with Crippen LogP contribution in [-0.2, 0) is 11.2 Å². The van der Waals surface area contributed by atoms with E-state index in [0.29, 0.717) is 5.56 Å². The second-order valence-corrected chi connectivity index (χ2v) is 3.59. The first kappa shape index (κ1) is 13.5. The zero-order valence-electron chi connectivity index (χ0n) is 8.92. The number of nitrogens with one attached hydrogen (secondary N) is 1. The van der Waals surface area contributed by atoms with Crippen LogP contribution in [0.1, 0.15) is 5.56 Å². The van der Waals surface area contributed by atoms with E-state index in [1.54, 1.807) is 0 Å². The highest BCUT2D eigenvalue weighted by Crippen LogP contribution is 2.10. The van der Waals surface area contributed by atoms with E-state index in [2.05, 4.69) is 0 Å². The standard InChI is InChI=1S/C11H12F3NO2/c12-9-3-1-8(2-4-9)5-10(17)15-6-11(13,14)7-16/h1-4,16H,5-7H2,(H,15,17). The highest BCUT2D eigenvalue weighted by molar-refractivity contribution is 5.78. The molecule has 0 aliphatic rings. The Hall–Kier alpha value is -1.56. The van der Waals surface area contributed by atoms with Gasteiger partial charge in [-0.15, -0.1) is 0 Å². The summed E-state index contributed by atoms with van der Waals surface area (Å²) in [6.45, 7) is -2.23. The zero-order chi connectivity index (χ0) is 12.9. The van der Waals surface area contributed by atoms with E-state index in [4.69, 9.17) is 5.11 Å². The van der Waals surface area contributed by atoms with Gasteiger partial charge in [0.15, 0.2) is 0 Å². The normalized spacial score (nSPS) is 11.3. The molecule has 0 radical (unpaired) electrons. The van der Waals surface area contributed by atoms with E-state index in [9.17, 15) is 18.0 Å². The van der Waals surface area contributed by atoms with Crippen molar-refractivity contribution in [2.75, 3.05) is 13.2 Å². The molecule has 0 unspecified atom stereocenters. The second kappa shape index (κ2) is 5.67. The third kappa shape index (κ3) is 4.86. The number of hydrogen-bond donors (Lipinski definition) is 2. The maximum Gasteiger partial charge on any atom is 0.287 e. The number of carbonyl (C=O) groups is 1.